The van der Waals surface area contributed by atoms with Gasteiger partial charge in [0.1, 0.15) is 0 Å². The Morgan fingerprint density at radius 2 is 0.923 bits per heavy atom. The van der Waals surface area contributed by atoms with Crippen LogP contribution in [0, 0.1) is 5.41 Å². The molecule has 39 heavy (non-hydrogen) atoms. The number of carbonyl (C=O) groups excluding carboxylic acids is 4. The molecular weight excluding hydrogens is 494 g/mol. The first-order valence-corrected chi connectivity index (χ1v) is 14.5. The summed E-state index contributed by atoms with van der Waals surface area (Å²) in [7, 11) is 3.75. The molecule has 0 atom stereocenters. The zero-order chi connectivity index (χ0) is 31.8. The Morgan fingerprint density at radius 3 is 1.18 bits per heavy atom. The zero-order valence-electron chi connectivity index (χ0n) is 28.1. The monoisotopic (exact) mass is 560 g/mol. The molecule has 4 amide bonds. The third kappa shape index (κ3) is 49.3. The predicted molar refractivity (Wildman–Crippen MR) is 166 cm³/mol. The molecule has 0 aliphatic carbocycles. The molecular formula is C30H65N5O4. The van der Waals surface area contributed by atoms with Crippen molar-refractivity contribution in [3.63, 3.8) is 0 Å². The summed E-state index contributed by atoms with van der Waals surface area (Å²) in [6.45, 7) is 26.5. The number of likely N-dealkylation sites (N-methyl/N-ethyl adjacent to an activating group) is 1. The molecule has 9 nitrogen and oxygen atoms in total. The van der Waals surface area contributed by atoms with Crippen LogP contribution in [-0.4, -0.2) is 73.3 Å². The van der Waals surface area contributed by atoms with E-state index in [2.05, 4.69) is 42.0 Å². The summed E-state index contributed by atoms with van der Waals surface area (Å²) < 4.78 is 0. The summed E-state index contributed by atoms with van der Waals surface area (Å²) in [6, 6.07) is 1.07. The summed E-state index contributed by atoms with van der Waals surface area (Å²) in [6.07, 6.45) is 3.75. The van der Waals surface area contributed by atoms with Crippen LogP contribution in [0.25, 0.3) is 0 Å². The van der Waals surface area contributed by atoms with Gasteiger partial charge in [0.15, 0.2) is 0 Å². The first-order chi connectivity index (χ1) is 17.7. The van der Waals surface area contributed by atoms with Crippen molar-refractivity contribution >= 4 is 23.6 Å². The Morgan fingerprint density at radius 1 is 0.590 bits per heavy atom. The second-order valence-electron chi connectivity index (χ2n) is 12.3. The Balaban J connectivity index is -0.000000212. The quantitative estimate of drug-likeness (QED) is 0.294. The maximum absolute atomic E-state index is 11.2. The van der Waals surface area contributed by atoms with Gasteiger partial charge in [0, 0.05) is 43.4 Å². The number of nitrogens with one attached hydrogen (secondary N) is 4. The lowest BCUT2D eigenvalue weighted by molar-refractivity contribution is -0.123. The van der Waals surface area contributed by atoms with Gasteiger partial charge in [0.05, 0.1) is 6.54 Å². The fourth-order valence-corrected chi connectivity index (χ4v) is 2.58. The van der Waals surface area contributed by atoms with Crippen molar-refractivity contribution in [1.82, 2.24) is 26.2 Å². The standard InChI is InChI=1S/C10H21NO.C7H16N2O.C7H15NO.C6H13NO/c1-8(2)11-9(12)6-7-10(3,4)5;1-6(2)8-7(10)5-9(3)4;1-4-5-7(9)8-6(2)3;1-4-6(8)7-5(2)3/h8H,6-7H2,1-5H3,(H,11,12);6H,5H2,1-4H3,(H,8,10);6H,4-5H2,1-3H3,(H,8,9);5H,4H2,1-3H3,(H,7,8). The fourth-order valence-electron chi connectivity index (χ4n) is 2.58. The van der Waals surface area contributed by atoms with E-state index in [9.17, 15) is 19.2 Å². The number of hydrogen-bond acceptors (Lipinski definition) is 5. The third-order valence-corrected chi connectivity index (χ3v) is 4.16. The van der Waals surface area contributed by atoms with Crippen LogP contribution in [0.4, 0.5) is 0 Å². The van der Waals surface area contributed by atoms with Gasteiger partial charge >= 0.3 is 0 Å². The van der Waals surface area contributed by atoms with Crippen molar-refractivity contribution < 1.29 is 19.2 Å². The van der Waals surface area contributed by atoms with E-state index in [1.54, 1.807) is 0 Å². The van der Waals surface area contributed by atoms with E-state index < -0.39 is 0 Å². The summed E-state index contributed by atoms with van der Waals surface area (Å²) >= 11 is 0. The van der Waals surface area contributed by atoms with Crippen molar-refractivity contribution in [2.75, 3.05) is 20.6 Å². The van der Waals surface area contributed by atoms with E-state index in [4.69, 9.17) is 0 Å². The van der Waals surface area contributed by atoms with Gasteiger partial charge in [0.2, 0.25) is 23.6 Å². The van der Waals surface area contributed by atoms with Gasteiger partial charge in [-0.05, 0) is 87.7 Å². The van der Waals surface area contributed by atoms with Crippen LogP contribution in [0.1, 0.15) is 122 Å². The molecule has 0 bridgehead atoms. The highest BCUT2D eigenvalue weighted by Gasteiger charge is 2.12. The van der Waals surface area contributed by atoms with Gasteiger partial charge in [-0.1, -0.05) is 34.6 Å². The molecule has 0 unspecified atom stereocenters. The van der Waals surface area contributed by atoms with Gasteiger partial charge < -0.3 is 26.2 Å². The lowest BCUT2D eigenvalue weighted by atomic mass is 9.90. The number of carbonyl (C=O) groups is 4. The molecule has 0 aromatic carbocycles. The molecule has 0 spiro atoms. The summed E-state index contributed by atoms with van der Waals surface area (Å²) in [5, 5.41) is 11.2. The van der Waals surface area contributed by atoms with Crippen molar-refractivity contribution in [3.05, 3.63) is 0 Å². The van der Waals surface area contributed by atoms with Crippen molar-refractivity contribution in [1.29, 1.82) is 0 Å². The highest BCUT2D eigenvalue weighted by Crippen LogP contribution is 2.20. The molecule has 0 saturated carbocycles. The molecule has 0 rings (SSSR count). The molecule has 0 aromatic rings. The van der Waals surface area contributed by atoms with Gasteiger partial charge in [-0.25, -0.2) is 0 Å². The topological polar surface area (TPSA) is 120 Å². The third-order valence-electron chi connectivity index (χ3n) is 4.16. The number of hydrogen-bond donors (Lipinski definition) is 4. The molecule has 0 radical (unpaired) electrons. The molecule has 234 valence electrons. The van der Waals surface area contributed by atoms with Crippen LogP contribution >= 0.6 is 0 Å². The number of amides is 4. The Kier molecular flexibility index (Phi) is 29.3. The minimum Gasteiger partial charge on any atom is -0.354 e. The maximum Gasteiger partial charge on any atom is 0.234 e. The lowest BCUT2D eigenvalue weighted by Gasteiger charge is -2.17. The molecule has 0 aliphatic rings. The van der Waals surface area contributed by atoms with Gasteiger partial charge in [-0.15, -0.1) is 0 Å². The van der Waals surface area contributed by atoms with Crippen LogP contribution in [0.2, 0.25) is 0 Å². The van der Waals surface area contributed by atoms with E-state index in [1.807, 2.05) is 88.2 Å². The SMILES string of the molecule is CC(C)NC(=O)CCC(C)(C)C.CC(C)NC(=O)CN(C)C.CCC(=O)NC(C)C.CCCC(=O)NC(C)C. The Bertz CT molecular complexity index is 628. The smallest absolute Gasteiger partial charge is 0.234 e. The molecule has 9 heteroatoms. The molecule has 0 saturated heterocycles. The summed E-state index contributed by atoms with van der Waals surface area (Å²) in [4.78, 5) is 45.2. The van der Waals surface area contributed by atoms with Crippen LogP contribution in [0.15, 0.2) is 0 Å². The van der Waals surface area contributed by atoms with Crippen molar-refractivity contribution in [2.24, 2.45) is 5.41 Å². The number of nitrogens with zero attached hydrogens (tertiary/aromatic N) is 1. The van der Waals surface area contributed by atoms with E-state index >= 15 is 0 Å². The molecule has 0 aromatic heterocycles. The molecule has 0 aliphatic heterocycles. The van der Waals surface area contributed by atoms with Crippen molar-refractivity contribution in [3.8, 4) is 0 Å². The minimum atomic E-state index is 0.0833. The normalized spacial score (nSPS) is 10.6. The predicted octanol–water partition coefficient (Wildman–Crippen LogP) is 4.64. The number of rotatable bonds is 11. The van der Waals surface area contributed by atoms with Crippen LogP contribution in [0.3, 0.4) is 0 Å². The van der Waals surface area contributed by atoms with Gasteiger partial charge in [-0.3, -0.25) is 19.2 Å². The zero-order valence-corrected chi connectivity index (χ0v) is 28.1. The average molecular weight is 560 g/mol. The minimum absolute atomic E-state index is 0.0833. The van der Waals surface area contributed by atoms with Crippen LogP contribution in [0.5, 0.6) is 0 Å². The molecule has 0 heterocycles. The van der Waals surface area contributed by atoms with Crippen LogP contribution < -0.4 is 21.3 Å². The average Bonchev–Trinajstić information content (AvgIpc) is 2.70. The highest BCUT2D eigenvalue weighted by atomic mass is 16.2. The van der Waals surface area contributed by atoms with E-state index in [-0.39, 0.29) is 53.2 Å². The Hall–Kier alpha value is -2.16. The van der Waals surface area contributed by atoms with Gasteiger partial charge in [0.25, 0.3) is 0 Å². The highest BCUT2D eigenvalue weighted by molar-refractivity contribution is 5.78. The van der Waals surface area contributed by atoms with E-state index in [0.29, 0.717) is 25.8 Å². The van der Waals surface area contributed by atoms with Gasteiger partial charge in [-0.2, -0.15) is 0 Å². The van der Waals surface area contributed by atoms with Crippen molar-refractivity contribution in [2.45, 2.75) is 146 Å². The fraction of sp³-hybridized carbons (Fsp3) is 0.867. The molecule has 0 fully saturated rings. The summed E-state index contributed by atoms with van der Waals surface area (Å²) in [5.41, 5.74) is 0.258. The maximum atomic E-state index is 11.2. The van der Waals surface area contributed by atoms with Crippen LogP contribution in [-0.2, 0) is 19.2 Å². The lowest BCUT2D eigenvalue weighted by Crippen LogP contribution is -2.37. The first kappa shape index (κ1) is 43.9. The second-order valence-corrected chi connectivity index (χ2v) is 12.3. The Labute approximate surface area is 241 Å². The molecule has 4 N–H and O–H groups in total. The second kappa shape index (κ2) is 26.1. The van der Waals surface area contributed by atoms with E-state index in [1.165, 1.54) is 0 Å². The van der Waals surface area contributed by atoms with E-state index in [0.717, 1.165) is 12.8 Å². The largest absolute Gasteiger partial charge is 0.354 e. The first-order valence-electron chi connectivity index (χ1n) is 14.5. The summed E-state index contributed by atoms with van der Waals surface area (Å²) in [5.74, 6) is 0.535.